The summed E-state index contributed by atoms with van der Waals surface area (Å²) in [4.78, 5) is 28.2. The van der Waals surface area contributed by atoms with E-state index >= 15 is 0 Å². The number of amides is 1. The number of nitrogens with one attached hydrogen (secondary N) is 1. The molecule has 7 nitrogen and oxygen atoms in total. The third kappa shape index (κ3) is 4.11. The van der Waals surface area contributed by atoms with E-state index in [-0.39, 0.29) is 5.91 Å². The summed E-state index contributed by atoms with van der Waals surface area (Å²) in [7, 11) is 2.18. The molecule has 7 heteroatoms. The summed E-state index contributed by atoms with van der Waals surface area (Å²) in [5.74, 6) is 1.49. The van der Waals surface area contributed by atoms with Crippen LogP contribution in [0.1, 0.15) is 46.1 Å². The zero-order valence-electron chi connectivity index (χ0n) is 18.2. The molecule has 1 saturated heterocycles. The molecule has 4 heterocycles. The molecule has 161 valence electrons. The third-order valence-electron chi connectivity index (χ3n) is 6.15. The number of anilines is 2. The Morgan fingerprint density at radius 1 is 1.06 bits per heavy atom. The zero-order chi connectivity index (χ0) is 22.1. The lowest BCUT2D eigenvalue weighted by Crippen LogP contribution is -2.29. The highest BCUT2D eigenvalue weighted by atomic mass is 16.1. The van der Waals surface area contributed by atoms with E-state index in [0.29, 0.717) is 28.8 Å². The normalized spacial score (nSPS) is 16.5. The van der Waals surface area contributed by atoms with Crippen molar-refractivity contribution in [2.75, 3.05) is 25.5 Å². The van der Waals surface area contributed by atoms with Gasteiger partial charge in [0.25, 0.3) is 5.91 Å². The first-order valence-electron chi connectivity index (χ1n) is 10.9. The second-order valence-electron chi connectivity index (χ2n) is 8.41. The molecule has 2 aliphatic rings. The Labute approximate surface area is 187 Å². The number of fused-ring (bicyclic) bond motifs is 1. The lowest BCUT2D eigenvalue weighted by Gasteiger charge is -2.29. The van der Waals surface area contributed by atoms with E-state index in [2.05, 4.69) is 56.8 Å². The minimum atomic E-state index is -0.299. The van der Waals surface area contributed by atoms with Crippen molar-refractivity contribution in [3.63, 3.8) is 0 Å². The molecule has 0 unspecified atom stereocenters. The average molecular weight is 426 g/mol. The number of pyridine rings is 1. The predicted molar refractivity (Wildman–Crippen MR) is 125 cm³/mol. The van der Waals surface area contributed by atoms with Gasteiger partial charge in [-0.15, -0.1) is 0 Å². The van der Waals surface area contributed by atoms with Crippen LogP contribution in [0, 0.1) is 6.92 Å². The largest absolute Gasteiger partial charge is 0.340 e. The highest BCUT2D eigenvalue weighted by Crippen LogP contribution is 2.32. The first kappa shape index (κ1) is 20.3. The minimum Gasteiger partial charge on any atom is -0.340 e. The van der Waals surface area contributed by atoms with E-state index in [0.717, 1.165) is 29.9 Å². The summed E-state index contributed by atoms with van der Waals surface area (Å²) in [6.45, 7) is 4.11. The molecule has 0 bridgehead atoms. The number of hydrogen-bond acceptors (Lipinski definition) is 6. The molecule has 0 spiro atoms. The Bertz CT molecular complexity index is 1160. The van der Waals surface area contributed by atoms with Crippen LogP contribution >= 0.6 is 0 Å². The molecular weight excluding hydrogens is 400 g/mol. The standard InChI is InChI=1S/C25H25N6O/c1-16-27-14-20(15-28-16)22-13-19-7-10-26-25(32)23(19)24(30-22)29-21-5-3-17(4-6-21)18-8-11-31(2)12-9-18/h3-7,10,13-15,18H,8-9,11-12H2,1-2H3,(H,29,30). The maximum absolute atomic E-state index is 12.5. The van der Waals surface area contributed by atoms with Gasteiger partial charge in [0.05, 0.1) is 11.3 Å². The molecule has 0 atom stereocenters. The van der Waals surface area contributed by atoms with Gasteiger partial charge >= 0.3 is 0 Å². The van der Waals surface area contributed by atoms with Gasteiger partial charge in [-0.1, -0.05) is 12.1 Å². The van der Waals surface area contributed by atoms with Crippen molar-refractivity contribution in [2.45, 2.75) is 25.7 Å². The van der Waals surface area contributed by atoms with E-state index in [1.54, 1.807) is 12.4 Å². The number of carbonyl (C=O) groups is 1. The summed E-state index contributed by atoms with van der Waals surface area (Å²) in [6.07, 6.45) is 9.21. The Morgan fingerprint density at radius 2 is 1.78 bits per heavy atom. The highest BCUT2D eigenvalue weighted by Gasteiger charge is 2.23. The number of nitrogens with zero attached hydrogens (tertiary/aromatic N) is 5. The van der Waals surface area contributed by atoms with Gasteiger partial charge in [0.15, 0.2) is 0 Å². The lowest BCUT2D eigenvalue weighted by molar-refractivity contribution is 0.0965. The van der Waals surface area contributed by atoms with Gasteiger partial charge in [0, 0.05) is 29.8 Å². The van der Waals surface area contributed by atoms with Crippen LogP contribution in [0.2, 0.25) is 0 Å². The smallest absolute Gasteiger partial charge is 0.281 e. The zero-order valence-corrected chi connectivity index (χ0v) is 18.2. The molecule has 1 aromatic carbocycles. The molecule has 0 saturated carbocycles. The van der Waals surface area contributed by atoms with E-state index in [1.807, 2.05) is 19.1 Å². The van der Waals surface area contributed by atoms with Crippen molar-refractivity contribution in [1.29, 1.82) is 0 Å². The van der Waals surface area contributed by atoms with Crippen molar-refractivity contribution >= 4 is 23.5 Å². The average Bonchev–Trinajstić information content (AvgIpc) is 2.80. The molecule has 0 aliphatic carbocycles. The van der Waals surface area contributed by atoms with E-state index in [9.17, 15) is 4.79 Å². The van der Waals surface area contributed by atoms with Crippen molar-refractivity contribution in [2.24, 2.45) is 0 Å². The first-order valence-corrected chi connectivity index (χ1v) is 10.9. The molecule has 3 aromatic rings. The summed E-state index contributed by atoms with van der Waals surface area (Å²) in [5.41, 5.74) is 5.00. The van der Waals surface area contributed by atoms with Crippen LogP contribution in [0.3, 0.4) is 0 Å². The fourth-order valence-corrected chi connectivity index (χ4v) is 4.25. The number of aromatic nitrogens is 3. The number of hydrogen-bond donors (Lipinski definition) is 1. The van der Waals surface area contributed by atoms with Gasteiger partial charge in [-0.25, -0.2) is 20.3 Å². The second-order valence-corrected chi connectivity index (χ2v) is 8.41. The van der Waals surface area contributed by atoms with Gasteiger partial charge in [0.2, 0.25) is 0 Å². The first-order chi connectivity index (χ1) is 15.6. The molecule has 1 radical (unpaired) electrons. The topological polar surface area (TPSA) is 85.1 Å². The van der Waals surface area contributed by atoms with Crippen LogP contribution in [-0.4, -0.2) is 45.9 Å². The molecular formula is C25H25N6O. The van der Waals surface area contributed by atoms with Crippen LogP contribution in [0.5, 0.6) is 0 Å². The van der Waals surface area contributed by atoms with Gasteiger partial charge in [-0.05, 0) is 81.2 Å². The summed E-state index contributed by atoms with van der Waals surface area (Å²) in [5, 5.41) is 7.29. The molecule has 1 N–H and O–H groups in total. The van der Waals surface area contributed by atoms with Gasteiger partial charge in [-0.2, -0.15) is 0 Å². The maximum atomic E-state index is 12.5. The quantitative estimate of drug-likeness (QED) is 0.677. The van der Waals surface area contributed by atoms with Crippen LogP contribution < -0.4 is 10.6 Å². The number of piperidine rings is 1. The van der Waals surface area contributed by atoms with Gasteiger partial charge in [0.1, 0.15) is 11.6 Å². The molecule has 2 aliphatic heterocycles. The van der Waals surface area contributed by atoms with Crippen molar-refractivity contribution in [1.82, 2.24) is 25.2 Å². The van der Waals surface area contributed by atoms with E-state index in [1.165, 1.54) is 24.6 Å². The SMILES string of the molecule is Cc1ncc(-c2cc3c(c(Nc4ccc(C5CCN(C)CC5)cc4)n2)C(=O)[N]C=C3)cn1. The molecule has 1 amide bonds. The van der Waals surface area contributed by atoms with Crippen LogP contribution in [0.25, 0.3) is 17.3 Å². The van der Waals surface area contributed by atoms with Crippen LogP contribution in [-0.2, 0) is 0 Å². The van der Waals surface area contributed by atoms with Crippen LogP contribution in [0.15, 0.2) is 48.9 Å². The summed E-state index contributed by atoms with van der Waals surface area (Å²) in [6, 6.07) is 10.3. The van der Waals surface area contributed by atoms with E-state index in [4.69, 9.17) is 4.98 Å². The monoisotopic (exact) mass is 425 g/mol. The Balaban J connectivity index is 1.46. The minimum absolute atomic E-state index is 0.299. The summed E-state index contributed by atoms with van der Waals surface area (Å²) < 4.78 is 0. The number of aryl methyl sites for hydroxylation is 1. The van der Waals surface area contributed by atoms with Crippen molar-refractivity contribution in [3.8, 4) is 11.3 Å². The fourth-order valence-electron chi connectivity index (χ4n) is 4.25. The molecule has 1 fully saturated rings. The molecule has 5 rings (SSSR count). The Morgan fingerprint density at radius 3 is 2.50 bits per heavy atom. The van der Waals surface area contributed by atoms with Crippen LogP contribution in [0.4, 0.5) is 11.5 Å². The predicted octanol–water partition coefficient (Wildman–Crippen LogP) is 4.13. The maximum Gasteiger partial charge on any atom is 0.281 e. The Hall–Kier alpha value is -3.58. The fraction of sp³-hybridized carbons (Fsp3) is 0.280. The summed E-state index contributed by atoms with van der Waals surface area (Å²) >= 11 is 0. The molecule has 2 aromatic heterocycles. The number of benzene rings is 1. The second kappa shape index (κ2) is 8.51. The van der Waals surface area contributed by atoms with E-state index < -0.39 is 0 Å². The Kier molecular flexibility index (Phi) is 5.41. The number of rotatable bonds is 4. The van der Waals surface area contributed by atoms with Gasteiger partial charge < -0.3 is 10.2 Å². The highest BCUT2D eigenvalue weighted by molar-refractivity contribution is 6.05. The molecule has 32 heavy (non-hydrogen) atoms. The lowest BCUT2D eigenvalue weighted by atomic mass is 9.89. The number of carbonyl (C=O) groups excluding carboxylic acids is 1. The van der Waals surface area contributed by atoms with Crippen molar-refractivity contribution < 1.29 is 4.79 Å². The van der Waals surface area contributed by atoms with Gasteiger partial charge in [-0.3, -0.25) is 4.79 Å². The van der Waals surface area contributed by atoms with Crippen molar-refractivity contribution in [3.05, 3.63) is 71.4 Å². The third-order valence-corrected chi connectivity index (χ3v) is 6.15. The number of likely N-dealkylation sites (tertiary alicyclic amines) is 1.